The number of rotatable bonds is 21. The van der Waals surface area contributed by atoms with E-state index in [2.05, 4.69) is 31.6 Å². The van der Waals surface area contributed by atoms with Crippen molar-refractivity contribution in [3.63, 3.8) is 0 Å². The Hall–Kier alpha value is -4.81. The van der Waals surface area contributed by atoms with E-state index in [9.17, 15) is 24.0 Å². The van der Waals surface area contributed by atoms with Gasteiger partial charge < -0.3 is 40.4 Å². The highest BCUT2D eigenvalue weighted by Gasteiger charge is 2.42. The molecule has 5 N–H and O–H groups in total. The number of carbonyl (C=O) groups is 5. The lowest BCUT2D eigenvalue weighted by Crippen LogP contribution is -2.52. The highest BCUT2D eigenvalue weighted by Crippen LogP contribution is 2.40. The van der Waals surface area contributed by atoms with Crippen LogP contribution in [0.3, 0.4) is 0 Å². The molecule has 4 heterocycles. The van der Waals surface area contributed by atoms with E-state index in [-0.39, 0.29) is 62.1 Å². The van der Waals surface area contributed by atoms with Gasteiger partial charge in [-0.3, -0.25) is 29.3 Å². The van der Waals surface area contributed by atoms with Crippen molar-refractivity contribution in [2.75, 3.05) is 56.8 Å². The number of carbonyl (C=O) groups excluding carboxylic acids is 5. The average molecular weight is 859 g/mol. The van der Waals surface area contributed by atoms with Crippen LogP contribution in [-0.2, 0) is 46.4 Å². The van der Waals surface area contributed by atoms with Crippen molar-refractivity contribution in [2.45, 2.75) is 108 Å². The van der Waals surface area contributed by atoms with Crippen LogP contribution in [-0.4, -0.2) is 109 Å². The zero-order valence-electron chi connectivity index (χ0n) is 34.7. The Bertz CT molecular complexity index is 1970. The van der Waals surface area contributed by atoms with Gasteiger partial charge in [0.2, 0.25) is 23.6 Å². The second-order valence-corrected chi connectivity index (χ2v) is 17.2. The molecule has 2 saturated carbocycles. The molecule has 3 aromatic rings. The second-order valence-electron chi connectivity index (χ2n) is 16.3. The Balaban J connectivity index is 0.705. The molecule has 17 heteroatoms. The number of nitrogens with zero attached hydrogens (tertiary/aromatic N) is 3. The minimum Gasteiger partial charge on any atom is -0.379 e. The first-order valence-electron chi connectivity index (χ1n) is 21.7. The highest BCUT2D eigenvalue weighted by molar-refractivity contribution is 7.13. The number of piperidine rings is 1. The summed E-state index contributed by atoms with van der Waals surface area (Å²) in [6.07, 6.45) is 12.0. The molecule has 2 aliphatic carbocycles. The van der Waals surface area contributed by atoms with Gasteiger partial charge in [-0.15, -0.1) is 11.3 Å². The second kappa shape index (κ2) is 21.8. The van der Waals surface area contributed by atoms with E-state index in [1.54, 1.807) is 24.4 Å². The molecule has 4 aliphatic rings. The summed E-state index contributed by atoms with van der Waals surface area (Å²) < 4.78 is 17.0. The van der Waals surface area contributed by atoms with Crippen molar-refractivity contribution in [3.05, 3.63) is 64.8 Å². The average Bonchev–Trinajstić information content (AvgIpc) is 3.90. The number of aromatic nitrogens is 2. The van der Waals surface area contributed by atoms with Crippen molar-refractivity contribution in [1.82, 2.24) is 30.8 Å². The van der Waals surface area contributed by atoms with Crippen molar-refractivity contribution in [3.8, 4) is 0 Å². The van der Waals surface area contributed by atoms with Gasteiger partial charge in [-0.25, -0.2) is 9.97 Å². The molecule has 5 amide bonds. The molecular formula is C44H58N8O8S. The van der Waals surface area contributed by atoms with E-state index in [1.807, 2.05) is 23.6 Å². The fourth-order valence-corrected chi connectivity index (χ4v) is 9.38. The monoisotopic (exact) mass is 858 g/mol. The zero-order chi connectivity index (χ0) is 42.4. The summed E-state index contributed by atoms with van der Waals surface area (Å²) in [5, 5.41) is 18.2. The van der Waals surface area contributed by atoms with Gasteiger partial charge in [-0.2, -0.15) is 0 Å². The van der Waals surface area contributed by atoms with Gasteiger partial charge in [0.25, 0.3) is 5.91 Å². The quantitative estimate of drug-likeness (QED) is 0.0736. The minimum atomic E-state index is -0.719. The van der Waals surface area contributed by atoms with E-state index in [1.165, 1.54) is 22.7 Å². The number of thiazole rings is 1. The van der Waals surface area contributed by atoms with E-state index >= 15 is 0 Å². The van der Waals surface area contributed by atoms with Crippen LogP contribution in [0.2, 0.25) is 0 Å². The zero-order valence-corrected chi connectivity index (χ0v) is 35.5. The molecule has 0 spiro atoms. The number of fused-ring (bicyclic) bond motifs is 1. The number of amides is 5. The molecule has 1 unspecified atom stereocenters. The van der Waals surface area contributed by atoms with Crippen molar-refractivity contribution >= 4 is 57.5 Å². The maximum absolute atomic E-state index is 13.9. The Morgan fingerprint density at radius 3 is 2.36 bits per heavy atom. The number of hydrogen-bond acceptors (Lipinski definition) is 13. The van der Waals surface area contributed by atoms with Crippen LogP contribution in [0.25, 0.3) is 0 Å². The van der Waals surface area contributed by atoms with Crippen LogP contribution in [0.1, 0.15) is 98.7 Å². The van der Waals surface area contributed by atoms with Crippen molar-refractivity contribution < 1.29 is 38.2 Å². The summed E-state index contributed by atoms with van der Waals surface area (Å²) in [5.41, 5.74) is 2.13. The van der Waals surface area contributed by atoms with E-state index in [0.29, 0.717) is 62.3 Å². The van der Waals surface area contributed by atoms with Gasteiger partial charge in [0.1, 0.15) is 11.9 Å². The summed E-state index contributed by atoms with van der Waals surface area (Å²) in [6.45, 7) is 3.35. The van der Waals surface area contributed by atoms with E-state index in [4.69, 9.17) is 19.2 Å². The highest BCUT2D eigenvalue weighted by atomic mass is 32.1. The van der Waals surface area contributed by atoms with Gasteiger partial charge in [0.15, 0.2) is 5.13 Å². The molecule has 0 radical (unpaired) electrons. The maximum atomic E-state index is 13.9. The summed E-state index contributed by atoms with van der Waals surface area (Å²) >= 11 is 1.53. The number of ether oxygens (including phenoxy) is 3. The van der Waals surface area contributed by atoms with Crippen molar-refractivity contribution in [2.24, 2.45) is 5.41 Å². The number of imide groups is 1. The molecular weight excluding hydrogens is 801 g/mol. The third-order valence-corrected chi connectivity index (χ3v) is 12.8. The predicted octanol–water partition coefficient (Wildman–Crippen LogP) is 4.63. The first-order chi connectivity index (χ1) is 29.8. The lowest BCUT2D eigenvalue weighted by atomic mass is 9.70. The third kappa shape index (κ3) is 12.2. The summed E-state index contributed by atoms with van der Waals surface area (Å²) in [7, 11) is 0. The smallest absolute Gasteiger partial charge is 0.255 e. The normalized spacial score (nSPS) is 21.1. The molecule has 0 bridgehead atoms. The summed E-state index contributed by atoms with van der Waals surface area (Å²) in [5.74, 6) is -0.421. The lowest BCUT2D eigenvalue weighted by Gasteiger charge is -2.38. The van der Waals surface area contributed by atoms with Gasteiger partial charge in [0, 0.05) is 72.1 Å². The fraction of sp³-hybridized carbons (Fsp3) is 0.568. The minimum absolute atomic E-state index is 0.128. The molecule has 1 saturated heterocycles. The summed E-state index contributed by atoms with van der Waals surface area (Å²) in [4.78, 5) is 74.2. The van der Waals surface area contributed by atoms with Crippen LogP contribution in [0.4, 0.5) is 16.6 Å². The predicted molar refractivity (Wildman–Crippen MR) is 229 cm³/mol. The van der Waals surface area contributed by atoms with Gasteiger partial charge in [-0.05, 0) is 69.2 Å². The first kappa shape index (κ1) is 44.3. The number of anilines is 3. The molecule has 2 aliphatic heterocycles. The number of pyridine rings is 1. The van der Waals surface area contributed by atoms with Crippen LogP contribution >= 0.6 is 11.3 Å². The fourth-order valence-electron chi connectivity index (χ4n) is 8.84. The maximum Gasteiger partial charge on any atom is 0.255 e. The molecule has 16 nitrogen and oxygen atoms in total. The van der Waals surface area contributed by atoms with Crippen molar-refractivity contribution in [1.29, 1.82) is 0 Å². The molecule has 7 rings (SSSR count). The molecule has 3 fully saturated rings. The molecule has 2 aromatic heterocycles. The first-order valence-corrected chi connectivity index (χ1v) is 22.6. The number of hydrogen-bond donors (Lipinski definition) is 5. The molecule has 328 valence electrons. The van der Waals surface area contributed by atoms with Crippen LogP contribution in [0.15, 0.2) is 48.0 Å². The Labute approximate surface area is 360 Å². The molecule has 1 aromatic carbocycles. The topological polar surface area (TPSA) is 202 Å². The molecule has 1 atom stereocenters. The van der Waals surface area contributed by atoms with Gasteiger partial charge in [-0.1, -0.05) is 31.4 Å². The Morgan fingerprint density at radius 1 is 0.869 bits per heavy atom. The van der Waals surface area contributed by atoms with Gasteiger partial charge >= 0.3 is 0 Å². The Morgan fingerprint density at radius 2 is 1.61 bits per heavy atom. The van der Waals surface area contributed by atoms with Crippen LogP contribution in [0.5, 0.6) is 0 Å². The summed E-state index contributed by atoms with van der Waals surface area (Å²) in [6, 6.07) is 10.9. The molecule has 61 heavy (non-hydrogen) atoms. The van der Waals surface area contributed by atoms with E-state index in [0.717, 1.165) is 74.6 Å². The Kier molecular flexibility index (Phi) is 15.8. The van der Waals surface area contributed by atoms with E-state index < -0.39 is 17.4 Å². The van der Waals surface area contributed by atoms with Crippen LogP contribution < -0.4 is 26.6 Å². The standard InChI is InChI=1S/C44H58N8O8S/c53-38-15-14-36(40(55)51-38)52-29-34-33(41(52)56)7-5-8-35(34)49-39(54)16-21-58-23-25-60-26-24-59-22-19-45-30-10-12-31(13-11-30)48-42(57)44(17-2-1-3-18-44)28-32-6-4-9-37(47-32)50-43-46-20-27-61-43/h4-9,20,27,30-31,36,45H,1-3,10-19,21-26,28-29H2,(H,48,57)(H,49,54)(H,46,47,50)(H,51,53,55). The third-order valence-electron chi connectivity index (χ3n) is 12.1. The number of nitrogens with one attached hydrogen (secondary N) is 5. The number of benzene rings is 1. The lowest BCUT2D eigenvalue weighted by molar-refractivity contribution is -0.137. The largest absolute Gasteiger partial charge is 0.379 e. The van der Waals surface area contributed by atoms with Crippen LogP contribution in [0, 0.1) is 5.41 Å². The SMILES string of the molecule is O=C1CCC(N2Cc3c(NC(=O)CCOCCOCCOCCNC4CCC(NC(=O)C5(Cc6cccc(Nc7nccs7)n6)CCCCC5)CC4)cccc3C2=O)C(=O)N1. The van der Waals surface area contributed by atoms with Gasteiger partial charge in [0.05, 0.1) is 51.5 Å².